The van der Waals surface area contributed by atoms with E-state index in [0.717, 1.165) is 11.3 Å². The number of aliphatic carboxylic acids is 1. The highest BCUT2D eigenvalue weighted by Crippen LogP contribution is 2.21. The maximum Gasteiger partial charge on any atom is 0.303 e. The van der Waals surface area contributed by atoms with E-state index in [1.807, 2.05) is 0 Å². The number of thiazole rings is 1. The van der Waals surface area contributed by atoms with Crippen LogP contribution in [0.25, 0.3) is 0 Å². The number of hydrogen-bond donors (Lipinski definition) is 2. The fraction of sp³-hybridized carbons (Fsp3) is 0.312. The second-order valence-corrected chi connectivity index (χ2v) is 6.20. The monoisotopic (exact) mass is 318 g/mol. The van der Waals surface area contributed by atoms with Gasteiger partial charge in [0.25, 0.3) is 0 Å². The first-order valence-electron chi connectivity index (χ1n) is 7.05. The third-order valence-electron chi connectivity index (χ3n) is 3.09. The van der Waals surface area contributed by atoms with Crippen molar-refractivity contribution in [3.63, 3.8) is 0 Å². The quantitative estimate of drug-likeness (QED) is 0.821. The summed E-state index contributed by atoms with van der Waals surface area (Å²) in [7, 11) is 0. The summed E-state index contributed by atoms with van der Waals surface area (Å²) < 4.78 is 0. The molecule has 1 heterocycles. The number of hydrogen-bond acceptors (Lipinski definition) is 4. The van der Waals surface area contributed by atoms with Crippen LogP contribution in [0.1, 0.15) is 35.3 Å². The Labute approximate surface area is 133 Å². The largest absolute Gasteiger partial charge is 0.481 e. The molecular formula is C16H18N2O3S. The zero-order valence-electron chi connectivity index (χ0n) is 12.3. The number of rotatable bonds is 7. The summed E-state index contributed by atoms with van der Waals surface area (Å²) in [4.78, 5) is 27.3. The Kier molecular flexibility index (Phi) is 5.66. The molecular weight excluding hydrogens is 300 g/mol. The molecule has 0 bridgehead atoms. The lowest BCUT2D eigenvalue weighted by atomic mass is 10.1. The van der Waals surface area contributed by atoms with Gasteiger partial charge in [-0.1, -0.05) is 29.8 Å². The highest BCUT2D eigenvalue weighted by atomic mass is 32.1. The Morgan fingerprint density at radius 2 is 1.95 bits per heavy atom. The SMILES string of the molecule is Cc1ccc(Cc2cnc(NC(=O)CCCC(=O)O)s2)cc1. The molecule has 0 aliphatic heterocycles. The number of carboxylic acids is 1. The lowest BCUT2D eigenvalue weighted by Crippen LogP contribution is -2.11. The van der Waals surface area contributed by atoms with Crippen LogP contribution in [-0.2, 0) is 16.0 Å². The molecule has 2 N–H and O–H groups in total. The van der Waals surface area contributed by atoms with Gasteiger partial charge in [-0.2, -0.15) is 0 Å². The van der Waals surface area contributed by atoms with Crippen molar-refractivity contribution in [2.75, 3.05) is 5.32 Å². The van der Waals surface area contributed by atoms with Gasteiger partial charge in [-0.25, -0.2) is 4.98 Å². The Bertz CT molecular complexity index is 650. The van der Waals surface area contributed by atoms with Crippen LogP contribution in [-0.4, -0.2) is 22.0 Å². The van der Waals surface area contributed by atoms with Gasteiger partial charge < -0.3 is 10.4 Å². The molecule has 116 valence electrons. The summed E-state index contributed by atoms with van der Waals surface area (Å²) >= 11 is 1.44. The molecule has 2 rings (SSSR count). The van der Waals surface area contributed by atoms with Crippen molar-refractivity contribution in [3.05, 3.63) is 46.5 Å². The Morgan fingerprint density at radius 1 is 1.23 bits per heavy atom. The molecule has 0 radical (unpaired) electrons. The number of anilines is 1. The van der Waals surface area contributed by atoms with E-state index in [4.69, 9.17) is 5.11 Å². The average Bonchev–Trinajstić information content (AvgIpc) is 2.88. The molecule has 0 saturated carbocycles. The fourth-order valence-corrected chi connectivity index (χ4v) is 2.80. The topological polar surface area (TPSA) is 79.3 Å². The molecule has 2 aromatic rings. The highest BCUT2D eigenvalue weighted by molar-refractivity contribution is 7.15. The molecule has 0 fully saturated rings. The van der Waals surface area contributed by atoms with Crippen LogP contribution in [0.4, 0.5) is 5.13 Å². The van der Waals surface area contributed by atoms with Gasteiger partial charge in [0.15, 0.2) is 5.13 Å². The fourth-order valence-electron chi connectivity index (χ4n) is 1.94. The number of amides is 1. The number of aromatic nitrogens is 1. The van der Waals surface area contributed by atoms with Crippen LogP contribution in [0.5, 0.6) is 0 Å². The van der Waals surface area contributed by atoms with Gasteiger partial charge in [0.2, 0.25) is 5.91 Å². The first kappa shape index (κ1) is 16.2. The summed E-state index contributed by atoms with van der Waals surface area (Å²) in [5, 5.41) is 11.8. The van der Waals surface area contributed by atoms with Crippen molar-refractivity contribution >= 4 is 28.3 Å². The lowest BCUT2D eigenvalue weighted by molar-refractivity contribution is -0.137. The second kappa shape index (κ2) is 7.70. The lowest BCUT2D eigenvalue weighted by Gasteiger charge is -2.00. The summed E-state index contributed by atoms with van der Waals surface area (Å²) in [5.74, 6) is -1.08. The number of carbonyl (C=O) groups excluding carboxylic acids is 1. The minimum Gasteiger partial charge on any atom is -0.481 e. The average molecular weight is 318 g/mol. The third-order valence-corrected chi connectivity index (χ3v) is 4.01. The van der Waals surface area contributed by atoms with Gasteiger partial charge in [-0.15, -0.1) is 11.3 Å². The standard InChI is InChI=1S/C16H18N2O3S/c1-11-5-7-12(8-6-11)9-13-10-17-16(22-13)18-14(19)3-2-4-15(20)21/h5-8,10H,2-4,9H2,1H3,(H,20,21)(H,17,18,19). The van der Waals surface area contributed by atoms with E-state index in [-0.39, 0.29) is 18.7 Å². The molecule has 0 aliphatic rings. The van der Waals surface area contributed by atoms with E-state index in [0.29, 0.717) is 11.6 Å². The first-order valence-corrected chi connectivity index (χ1v) is 7.86. The number of nitrogens with one attached hydrogen (secondary N) is 1. The molecule has 0 spiro atoms. The molecule has 0 saturated heterocycles. The van der Waals surface area contributed by atoms with Crippen LogP contribution in [0, 0.1) is 6.92 Å². The van der Waals surface area contributed by atoms with Crippen molar-refractivity contribution in [1.29, 1.82) is 0 Å². The highest BCUT2D eigenvalue weighted by Gasteiger charge is 2.08. The van der Waals surface area contributed by atoms with E-state index in [1.54, 1.807) is 6.20 Å². The first-order chi connectivity index (χ1) is 10.5. The van der Waals surface area contributed by atoms with E-state index in [1.165, 1.54) is 22.5 Å². The predicted octanol–water partition coefficient (Wildman–Crippen LogP) is 3.24. The molecule has 1 amide bonds. The molecule has 1 aromatic heterocycles. The summed E-state index contributed by atoms with van der Waals surface area (Å²) in [6.45, 7) is 2.05. The van der Waals surface area contributed by atoms with Crippen LogP contribution >= 0.6 is 11.3 Å². The number of aryl methyl sites for hydroxylation is 1. The minimum absolute atomic E-state index is 0.00393. The molecule has 0 aliphatic carbocycles. The molecule has 6 heteroatoms. The van der Waals surface area contributed by atoms with Crippen LogP contribution in [0.15, 0.2) is 30.5 Å². The molecule has 0 unspecified atom stereocenters. The van der Waals surface area contributed by atoms with Crippen molar-refractivity contribution in [2.24, 2.45) is 0 Å². The minimum atomic E-state index is -0.887. The smallest absolute Gasteiger partial charge is 0.303 e. The van der Waals surface area contributed by atoms with Crippen LogP contribution < -0.4 is 5.32 Å². The van der Waals surface area contributed by atoms with Crippen molar-refractivity contribution in [3.8, 4) is 0 Å². The molecule has 0 atom stereocenters. The van der Waals surface area contributed by atoms with Gasteiger partial charge >= 0.3 is 5.97 Å². The normalized spacial score (nSPS) is 10.4. The predicted molar refractivity (Wildman–Crippen MR) is 86.2 cm³/mol. The second-order valence-electron chi connectivity index (χ2n) is 5.09. The van der Waals surface area contributed by atoms with Crippen molar-refractivity contribution in [1.82, 2.24) is 4.98 Å². The molecule has 5 nitrogen and oxygen atoms in total. The summed E-state index contributed by atoms with van der Waals surface area (Å²) in [6, 6.07) is 8.31. The van der Waals surface area contributed by atoms with Crippen LogP contribution in [0.3, 0.4) is 0 Å². The van der Waals surface area contributed by atoms with E-state index in [9.17, 15) is 9.59 Å². The Hall–Kier alpha value is -2.21. The Morgan fingerprint density at radius 3 is 2.64 bits per heavy atom. The van der Waals surface area contributed by atoms with Crippen LogP contribution in [0.2, 0.25) is 0 Å². The van der Waals surface area contributed by atoms with E-state index < -0.39 is 5.97 Å². The van der Waals surface area contributed by atoms with E-state index >= 15 is 0 Å². The van der Waals surface area contributed by atoms with Crippen molar-refractivity contribution < 1.29 is 14.7 Å². The van der Waals surface area contributed by atoms with Gasteiger partial charge in [0.1, 0.15) is 0 Å². The summed E-state index contributed by atoms with van der Waals surface area (Å²) in [6.07, 6.45) is 3.08. The van der Waals surface area contributed by atoms with Gasteiger partial charge in [0, 0.05) is 30.3 Å². The molecule has 22 heavy (non-hydrogen) atoms. The zero-order chi connectivity index (χ0) is 15.9. The molecule has 1 aromatic carbocycles. The number of nitrogens with zero attached hydrogens (tertiary/aromatic N) is 1. The van der Waals surface area contributed by atoms with Crippen molar-refractivity contribution in [2.45, 2.75) is 32.6 Å². The van der Waals surface area contributed by atoms with E-state index in [2.05, 4.69) is 41.5 Å². The maximum absolute atomic E-state index is 11.7. The third kappa shape index (κ3) is 5.29. The number of benzene rings is 1. The van der Waals surface area contributed by atoms with Gasteiger partial charge in [-0.05, 0) is 18.9 Å². The van der Waals surface area contributed by atoms with Gasteiger partial charge in [0.05, 0.1) is 0 Å². The number of carboxylic acid groups (broad SMARTS) is 1. The summed E-state index contributed by atoms with van der Waals surface area (Å²) in [5.41, 5.74) is 2.43. The Balaban J connectivity index is 1.84. The number of carbonyl (C=O) groups is 2. The zero-order valence-corrected chi connectivity index (χ0v) is 13.2. The maximum atomic E-state index is 11.7. The van der Waals surface area contributed by atoms with Gasteiger partial charge in [-0.3, -0.25) is 9.59 Å².